The SMILES string of the molecule is C/N=c1\sc(CN2CCN(C(=O)CCS(=O)(=O)c3cc4cc(Cl)ccc4[nH]3)CC2)c(C)n1C. The highest BCUT2D eigenvalue weighted by atomic mass is 35.5. The number of nitrogens with zero attached hydrogens (tertiary/aromatic N) is 4. The first-order chi connectivity index (χ1) is 15.7. The predicted molar refractivity (Wildman–Crippen MR) is 131 cm³/mol. The number of thiazole rings is 1. The van der Waals surface area contributed by atoms with Crippen LogP contribution >= 0.6 is 22.9 Å². The molecule has 1 aliphatic heterocycles. The van der Waals surface area contributed by atoms with Gasteiger partial charge in [0.2, 0.25) is 5.91 Å². The minimum absolute atomic E-state index is 0.0281. The number of carbonyl (C=O) groups excluding carboxylic acids is 1. The van der Waals surface area contributed by atoms with E-state index < -0.39 is 9.84 Å². The Labute approximate surface area is 202 Å². The highest BCUT2D eigenvalue weighted by molar-refractivity contribution is 7.91. The van der Waals surface area contributed by atoms with Crippen LogP contribution in [0.2, 0.25) is 5.02 Å². The number of fused-ring (bicyclic) bond motifs is 1. The number of aromatic nitrogens is 2. The summed E-state index contributed by atoms with van der Waals surface area (Å²) in [6, 6.07) is 6.74. The predicted octanol–water partition coefficient (Wildman–Crippen LogP) is 2.57. The molecule has 178 valence electrons. The molecule has 3 heterocycles. The number of aromatic amines is 1. The summed E-state index contributed by atoms with van der Waals surface area (Å²) in [4.78, 5) is 26.3. The van der Waals surface area contributed by atoms with Gasteiger partial charge in [0.1, 0.15) is 5.03 Å². The molecular formula is C22H28ClN5O3S2. The topological polar surface area (TPSA) is 90.8 Å². The lowest BCUT2D eigenvalue weighted by atomic mass is 10.2. The van der Waals surface area contributed by atoms with Crippen molar-refractivity contribution in [3.8, 4) is 0 Å². The van der Waals surface area contributed by atoms with Gasteiger partial charge in [0.25, 0.3) is 0 Å². The monoisotopic (exact) mass is 509 g/mol. The number of hydrogen-bond donors (Lipinski definition) is 1. The minimum atomic E-state index is -3.60. The number of H-pyrrole nitrogens is 1. The summed E-state index contributed by atoms with van der Waals surface area (Å²) >= 11 is 7.68. The van der Waals surface area contributed by atoms with Crippen molar-refractivity contribution in [1.82, 2.24) is 19.4 Å². The Morgan fingerprint density at radius 3 is 2.61 bits per heavy atom. The van der Waals surface area contributed by atoms with Crippen LogP contribution in [-0.4, -0.2) is 72.7 Å². The zero-order valence-corrected chi connectivity index (χ0v) is 21.4. The number of piperazine rings is 1. The molecule has 4 rings (SSSR count). The van der Waals surface area contributed by atoms with Crippen LogP contribution in [0.1, 0.15) is 17.0 Å². The van der Waals surface area contributed by atoms with Gasteiger partial charge in [-0.25, -0.2) is 8.42 Å². The van der Waals surface area contributed by atoms with E-state index in [9.17, 15) is 13.2 Å². The van der Waals surface area contributed by atoms with Gasteiger partial charge in [0.15, 0.2) is 14.6 Å². The summed E-state index contributed by atoms with van der Waals surface area (Å²) in [5, 5.41) is 1.40. The molecule has 0 bridgehead atoms. The normalized spacial score (nSPS) is 16.1. The van der Waals surface area contributed by atoms with Crippen molar-refractivity contribution in [3.05, 3.63) is 44.7 Å². The van der Waals surface area contributed by atoms with Crippen LogP contribution < -0.4 is 4.80 Å². The lowest BCUT2D eigenvalue weighted by Crippen LogP contribution is -2.48. The van der Waals surface area contributed by atoms with E-state index in [2.05, 4.69) is 26.4 Å². The van der Waals surface area contributed by atoms with Gasteiger partial charge in [0.05, 0.1) is 5.75 Å². The van der Waals surface area contributed by atoms with Gasteiger partial charge in [-0.15, -0.1) is 11.3 Å². The molecule has 2 aromatic heterocycles. The van der Waals surface area contributed by atoms with Crippen LogP contribution in [0.25, 0.3) is 10.9 Å². The van der Waals surface area contributed by atoms with E-state index in [0.29, 0.717) is 23.6 Å². The summed E-state index contributed by atoms with van der Waals surface area (Å²) in [6.07, 6.45) is -0.0281. The molecule has 3 aromatic rings. The molecule has 1 fully saturated rings. The summed E-state index contributed by atoms with van der Waals surface area (Å²) in [6.45, 7) is 5.67. The van der Waals surface area contributed by atoms with Crippen LogP contribution in [-0.2, 0) is 28.2 Å². The molecule has 0 saturated carbocycles. The van der Waals surface area contributed by atoms with E-state index in [-0.39, 0.29) is 23.1 Å². The highest BCUT2D eigenvalue weighted by Crippen LogP contribution is 2.23. The molecule has 1 amide bonds. The second-order valence-electron chi connectivity index (χ2n) is 8.27. The third-order valence-corrected chi connectivity index (χ3v) is 9.35. The number of hydrogen-bond acceptors (Lipinski definition) is 6. The Balaban J connectivity index is 1.31. The van der Waals surface area contributed by atoms with E-state index in [1.807, 2.05) is 7.05 Å². The molecule has 0 aliphatic carbocycles. The summed E-state index contributed by atoms with van der Waals surface area (Å²) in [7, 11) is 0.224. The van der Waals surface area contributed by atoms with Crippen molar-refractivity contribution in [2.24, 2.45) is 12.0 Å². The van der Waals surface area contributed by atoms with Crippen molar-refractivity contribution >= 4 is 49.6 Å². The molecular weight excluding hydrogens is 482 g/mol. The first kappa shape index (κ1) is 24.0. The highest BCUT2D eigenvalue weighted by Gasteiger charge is 2.25. The van der Waals surface area contributed by atoms with Gasteiger partial charge < -0.3 is 14.5 Å². The molecule has 8 nitrogen and oxygen atoms in total. The second-order valence-corrected chi connectivity index (χ2v) is 11.8. The Morgan fingerprint density at radius 1 is 1.21 bits per heavy atom. The maximum Gasteiger partial charge on any atom is 0.223 e. The quantitative estimate of drug-likeness (QED) is 0.553. The third kappa shape index (κ3) is 5.18. The molecule has 0 atom stereocenters. The maximum atomic E-state index is 12.8. The van der Waals surface area contributed by atoms with E-state index in [1.54, 1.807) is 47.5 Å². The fraction of sp³-hybridized carbons (Fsp3) is 0.455. The zero-order valence-electron chi connectivity index (χ0n) is 19.0. The largest absolute Gasteiger partial charge is 0.346 e. The van der Waals surface area contributed by atoms with Crippen LogP contribution in [0.15, 0.2) is 34.3 Å². The molecule has 1 aromatic carbocycles. The van der Waals surface area contributed by atoms with Crippen molar-refractivity contribution in [1.29, 1.82) is 0 Å². The van der Waals surface area contributed by atoms with Gasteiger partial charge >= 0.3 is 0 Å². The van der Waals surface area contributed by atoms with Gasteiger partial charge in [-0.05, 0) is 31.2 Å². The van der Waals surface area contributed by atoms with E-state index in [4.69, 9.17) is 11.6 Å². The average Bonchev–Trinajstić information content (AvgIpc) is 3.34. The van der Waals surface area contributed by atoms with Crippen LogP contribution in [0.3, 0.4) is 0 Å². The molecule has 1 N–H and O–H groups in total. The molecule has 1 aliphatic rings. The van der Waals surface area contributed by atoms with E-state index in [1.165, 1.54) is 10.6 Å². The molecule has 11 heteroatoms. The smallest absolute Gasteiger partial charge is 0.223 e. The first-order valence-electron chi connectivity index (χ1n) is 10.8. The molecule has 0 spiro atoms. The maximum absolute atomic E-state index is 12.8. The number of benzene rings is 1. The number of sulfone groups is 1. The van der Waals surface area contributed by atoms with Crippen LogP contribution in [0, 0.1) is 6.92 Å². The number of carbonyl (C=O) groups is 1. The minimum Gasteiger partial charge on any atom is -0.346 e. The lowest BCUT2D eigenvalue weighted by molar-refractivity contribution is -0.132. The first-order valence-corrected chi connectivity index (χ1v) is 13.6. The standard InChI is InChI=1S/C22H28ClN5O3S2/c1-15-19(32-22(24-2)26(15)3)14-27-7-9-28(10-8-27)21(29)6-11-33(30,31)20-13-16-12-17(23)4-5-18(16)25-20/h4-5,12-13,25H,6-11,14H2,1-3H3/b24-22-. The second kappa shape index (κ2) is 9.61. The summed E-state index contributed by atoms with van der Waals surface area (Å²) in [5.74, 6) is -0.344. The van der Waals surface area contributed by atoms with Gasteiger partial charge in [-0.3, -0.25) is 14.7 Å². The van der Waals surface area contributed by atoms with Gasteiger partial charge in [0, 0.05) is 79.7 Å². The Morgan fingerprint density at radius 2 is 1.94 bits per heavy atom. The Hall–Kier alpha value is -2.14. The number of nitrogens with one attached hydrogen (secondary N) is 1. The summed E-state index contributed by atoms with van der Waals surface area (Å²) < 4.78 is 27.6. The fourth-order valence-corrected chi connectivity index (χ4v) is 6.55. The number of rotatable bonds is 6. The van der Waals surface area contributed by atoms with Crippen LogP contribution in [0.5, 0.6) is 0 Å². The molecule has 0 radical (unpaired) electrons. The van der Waals surface area contributed by atoms with Crippen LogP contribution in [0.4, 0.5) is 0 Å². The number of amides is 1. The average molecular weight is 510 g/mol. The van der Waals surface area contributed by atoms with Gasteiger partial charge in [-0.2, -0.15) is 0 Å². The molecule has 33 heavy (non-hydrogen) atoms. The third-order valence-electron chi connectivity index (χ3n) is 6.17. The Kier molecular flexibility index (Phi) is 6.99. The van der Waals surface area contributed by atoms with E-state index in [0.717, 1.165) is 29.8 Å². The zero-order chi connectivity index (χ0) is 23.8. The summed E-state index contributed by atoms with van der Waals surface area (Å²) in [5.41, 5.74) is 1.92. The Bertz CT molecular complexity index is 1350. The fourth-order valence-electron chi connectivity index (χ4n) is 4.02. The van der Waals surface area contributed by atoms with E-state index >= 15 is 0 Å². The van der Waals surface area contributed by atoms with Crippen molar-refractivity contribution in [2.75, 3.05) is 39.0 Å². The van der Waals surface area contributed by atoms with Crippen molar-refractivity contribution in [2.45, 2.75) is 24.9 Å². The molecule has 1 saturated heterocycles. The lowest BCUT2D eigenvalue weighted by Gasteiger charge is -2.34. The number of halogens is 1. The van der Waals surface area contributed by atoms with Crippen molar-refractivity contribution < 1.29 is 13.2 Å². The molecule has 0 unspecified atom stereocenters. The van der Waals surface area contributed by atoms with Crippen molar-refractivity contribution in [3.63, 3.8) is 0 Å². The van der Waals surface area contributed by atoms with Gasteiger partial charge in [-0.1, -0.05) is 11.6 Å².